The maximum Gasteiger partial charge on any atom is 0.113 e. The van der Waals surface area contributed by atoms with Gasteiger partial charge < -0.3 is 4.98 Å². The zero-order chi connectivity index (χ0) is 12.3. The zero-order valence-corrected chi connectivity index (χ0v) is 9.94. The van der Waals surface area contributed by atoms with E-state index in [1.54, 1.807) is 0 Å². The fourth-order valence-corrected chi connectivity index (χ4v) is 2.01. The number of hydrogen-bond donors (Lipinski definition) is 2. The Morgan fingerprint density at radius 2 is 2.24 bits per heavy atom. The molecule has 2 N–H and O–H groups in total. The van der Waals surface area contributed by atoms with Crippen LogP contribution in [-0.4, -0.2) is 16.3 Å². The predicted molar refractivity (Wildman–Crippen MR) is 68.9 cm³/mol. The third-order valence-electron chi connectivity index (χ3n) is 3.03. The van der Waals surface area contributed by atoms with E-state index in [4.69, 9.17) is 5.26 Å². The van der Waals surface area contributed by atoms with Crippen LogP contribution in [0.1, 0.15) is 18.9 Å². The minimum atomic E-state index is -0.288. The van der Waals surface area contributed by atoms with Gasteiger partial charge in [0.2, 0.25) is 0 Å². The first-order valence-electron chi connectivity index (χ1n) is 5.73. The van der Waals surface area contributed by atoms with Crippen molar-refractivity contribution in [3.8, 4) is 0 Å². The number of H-pyrrole nitrogens is 1. The standard InChI is InChI=1S/C14H17NO2/c1-10(2)14(17-16)8-7-11-9-15-13-6-4-3-5-12(11)13/h3-6,9,14-16H,1,7-8H2,2H3. The van der Waals surface area contributed by atoms with Crippen LogP contribution in [0.4, 0.5) is 0 Å². The molecule has 0 aliphatic carbocycles. The van der Waals surface area contributed by atoms with Gasteiger partial charge in [0, 0.05) is 17.1 Å². The average molecular weight is 231 g/mol. The first kappa shape index (κ1) is 11.9. The van der Waals surface area contributed by atoms with Crippen LogP contribution in [0.3, 0.4) is 0 Å². The van der Waals surface area contributed by atoms with Crippen LogP contribution in [0.15, 0.2) is 42.6 Å². The lowest BCUT2D eigenvalue weighted by atomic mass is 10.0. The van der Waals surface area contributed by atoms with E-state index in [1.165, 1.54) is 10.9 Å². The highest BCUT2D eigenvalue weighted by atomic mass is 17.1. The number of aromatic amines is 1. The van der Waals surface area contributed by atoms with Crippen LogP contribution in [0, 0.1) is 0 Å². The normalized spacial score (nSPS) is 12.8. The van der Waals surface area contributed by atoms with Crippen molar-refractivity contribution in [2.45, 2.75) is 25.9 Å². The maximum absolute atomic E-state index is 8.77. The summed E-state index contributed by atoms with van der Waals surface area (Å²) in [7, 11) is 0. The van der Waals surface area contributed by atoms with Crippen molar-refractivity contribution in [3.05, 3.63) is 48.2 Å². The summed E-state index contributed by atoms with van der Waals surface area (Å²) in [6, 6.07) is 8.18. The van der Waals surface area contributed by atoms with E-state index >= 15 is 0 Å². The van der Waals surface area contributed by atoms with Crippen molar-refractivity contribution in [1.29, 1.82) is 0 Å². The second-order valence-corrected chi connectivity index (χ2v) is 4.34. The van der Waals surface area contributed by atoms with Crippen molar-refractivity contribution >= 4 is 10.9 Å². The first-order chi connectivity index (χ1) is 8.22. The van der Waals surface area contributed by atoms with Crippen molar-refractivity contribution in [3.63, 3.8) is 0 Å². The lowest BCUT2D eigenvalue weighted by molar-refractivity contribution is -0.269. The summed E-state index contributed by atoms with van der Waals surface area (Å²) in [6.45, 7) is 5.65. The van der Waals surface area contributed by atoms with E-state index in [0.29, 0.717) is 0 Å². The molecule has 0 bridgehead atoms. The molecule has 1 heterocycles. The molecule has 1 unspecified atom stereocenters. The molecule has 0 saturated heterocycles. The Bertz CT molecular complexity index is 516. The summed E-state index contributed by atoms with van der Waals surface area (Å²) in [6.07, 6.45) is 3.30. The van der Waals surface area contributed by atoms with Crippen molar-refractivity contribution in [1.82, 2.24) is 4.98 Å². The maximum atomic E-state index is 8.77. The Balaban J connectivity index is 2.11. The average Bonchev–Trinajstić information content (AvgIpc) is 2.73. The molecule has 0 saturated carbocycles. The quantitative estimate of drug-likeness (QED) is 0.469. The van der Waals surface area contributed by atoms with E-state index in [-0.39, 0.29) is 6.10 Å². The molecular formula is C14H17NO2. The Kier molecular flexibility index (Phi) is 3.61. The minimum absolute atomic E-state index is 0.288. The molecule has 3 nitrogen and oxygen atoms in total. The monoisotopic (exact) mass is 231 g/mol. The second kappa shape index (κ2) is 5.17. The molecule has 0 radical (unpaired) electrons. The van der Waals surface area contributed by atoms with Crippen LogP contribution in [-0.2, 0) is 11.3 Å². The van der Waals surface area contributed by atoms with Gasteiger partial charge in [0.15, 0.2) is 0 Å². The van der Waals surface area contributed by atoms with Gasteiger partial charge in [-0.05, 0) is 37.0 Å². The van der Waals surface area contributed by atoms with Gasteiger partial charge in [-0.3, -0.25) is 5.26 Å². The van der Waals surface area contributed by atoms with E-state index in [1.807, 2.05) is 25.3 Å². The van der Waals surface area contributed by atoms with Crippen LogP contribution < -0.4 is 0 Å². The molecular weight excluding hydrogens is 214 g/mol. The third-order valence-corrected chi connectivity index (χ3v) is 3.03. The molecule has 0 amide bonds. The molecule has 17 heavy (non-hydrogen) atoms. The number of rotatable bonds is 5. The smallest absolute Gasteiger partial charge is 0.113 e. The highest BCUT2D eigenvalue weighted by Gasteiger charge is 2.11. The van der Waals surface area contributed by atoms with E-state index in [2.05, 4.69) is 28.6 Å². The third kappa shape index (κ3) is 2.57. The molecule has 3 heteroatoms. The van der Waals surface area contributed by atoms with Crippen molar-refractivity contribution in [2.24, 2.45) is 0 Å². The Morgan fingerprint density at radius 3 is 2.94 bits per heavy atom. The number of benzene rings is 1. The Morgan fingerprint density at radius 1 is 1.47 bits per heavy atom. The second-order valence-electron chi connectivity index (χ2n) is 4.34. The lowest BCUT2D eigenvalue weighted by Gasteiger charge is -2.12. The van der Waals surface area contributed by atoms with E-state index in [0.717, 1.165) is 23.9 Å². The minimum Gasteiger partial charge on any atom is -0.361 e. The van der Waals surface area contributed by atoms with Gasteiger partial charge in [-0.2, -0.15) is 0 Å². The Hall–Kier alpha value is -1.58. The molecule has 1 atom stereocenters. The largest absolute Gasteiger partial charge is 0.361 e. The van der Waals surface area contributed by atoms with Crippen LogP contribution in [0.5, 0.6) is 0 Å². The number of aryl methyl sites for hydroxylation is 1. The molecule has 0 aliphatic heterocycles. The van der Waals surface area contributed by atoms with Crippen LogP contribution in [0.2, 0.25) is 0 Å². The number of fused-ring (bicyclic) bond motifs is 1. The molecule has 1 aromatic heterocycles. The van der Waals surface area contributed by atoms with Gasteiger partial charge in [-0.25, -0.2) is 4.89 Å². The number of aromatic nitrogens is 1. The Labute approximate surface area is 101 Å². The summed E-state index contributed by atoms with van der Waals surface area (Å²) < 4.78 is 0. The molecule has 2 aromatic rings. The summed E-state index contributed by atoms with van der Waals surface area (Å²) >= 11 is 0. The number of para-hydroxylation sites is 1. The van der Waals surface area contributed by atoms with Gasteiger partial charge in [0.05, 0.1) is 0 Å². The van der Waals surface area contributed by atoms with Gasteiger partial charge in [-0.1, -0.05) is 24.8 Å². The molecule has 2 rings (SSSR count). The molecule has 0 fully saturated rings. The zero-order valence-electron chi connectivity index (χ0n) is 9.94. The van der Waals surface area contributed by atoms with Gasteiger partial charge in [0.25, 0.3) is 0 Å². The molecule has 1 aromatic carbocycles. The first-order valence-corrected chi connectivity index (χ1v) is 5.73. The highest BCUT2D eigenvalue weighted by Crippen LogP contribution is 2.20. The van der Waals surface area contributed by atoms with Crippen LogP contribution >= 0.6 is 0 Å². The van der Waals surface area contributed by atoms with Gasteiger partial charge in [0.1, 0.15) is 6.10 Å². The fourth-order valence-electron chi connectivity index (χ4n) is 2.01. The van der Waals surface area contributed by atoms with Crippen molar-refractivity contribution < 1.29 is 10.1 Å². The number of hydrogen-bond acceptors (Lipinski definition) is 2. The SMILES string of the molecule is C=C(C)C(CCc1c[nH]c2ccccc12)OO. The number of nitrogens with one attached hydrogen (secondary N) is 1. The molecule has 90 valence electrons. The summed E-state index contributed by atoms with van der Waals surface area (Å²) in [5.74, 6) is 0. The van der Waals surface area contributed by atoms with Crippen molar-refractivity contribution in [2.75, 3.05) is 0 Å². The van der Waals surface area contributed by atoms with Gasteiger partial charge in [-0.15, -0.1) is 0 Å². The molecule has 0 spiro atoms. The van der Waals surface area contributed by atoms with E-state index < -0.39 is 0 Å². The van der Waals surface area contributed by atoms with Crippen LogP contribution in [0.25, 0.3) is 10.9 Å². The lowest BCUT2D eigenvalue weighted by Crippen LogP contribution is -2.12. The highest BCUT2D eigenvalue weighted by molar-refractivity contribution is 5.82. The van der Waals surface area contributed by atoms with E-state index in [9.17, 15) is 0 Å². The fraction of sp³-hybridized carbons (Fsp3) is 0.286. The topological polar surface area (TPSA) is 45.2 Å². The predicted octanol–water partition coefficient (Wildman–Crippen LogP) is 3.53. The summed E-state index contributed by atoms with van der Waals surface area (Å²) in [5, 5.41) is 10.00. The van der Waals surface area contributed by atoms with Gasteiger partial charge >= 0.3 is 0 Å². The molecule has 0 aliphatic rings. The summed E-state index contributed by atoms with van der Waals surface area (Å²) in [5.41, 5.74) is 3.22. The summed E-state index contributed by atoms with van der Waals surface area (Å²) in [4.78, 5) is 7.65.